The van der Waals surface area contributed by atoms with Crippen molar-refractivity contribution in [2.75, 3.05) is 6.54 Å². The van der Waals surface area contributed by atoms with E-state index in [1.54, 1.807) is 31.2 Å². The van der Waals surface area contributed by atoms with Crippen molar-refractivity contribution in [2.45, 2.75) is 19.4 Å². The molecule has 2 N–H and O–H groups in total. The molecule has 1 aromatic carbocycles. The fraction of sp³-hybridized carbons (Fsp3) is 0.308. The summed E-state index contributed by atoms with van der Waals surface area (Å²) in [6.45, 7) is 1.84. The molecule has 1 aromatic rings. The summed E-state index contributed by atoms with van der Waals surface area (Å²) in [4.78, 5) is 34.8. The third-order valence-corrected chi connectivity index (χ3v) is 3.13. The summed E-state index contributed by atoms with van der Waals surface area (Å²) in [5.74, 6) is -1.72. The average molecular weight is 262 g/mol. The van der Waals surface area contributed by atoms with E-state index < -0.39 is 17.9 Å². The normalized spacial score (nSPS) is 16.4. The van der Waals surface area contributed by atoms with Crippen LogP contribution in [0.3, 0.4) is 0 Å². The van der Waals surface area contributed by atoms with Gasteiger partial charge >= 0.3 is 12.0 Å². The molecular weight excluding hydrogens is 248 g/mol. The molecule has 1 fully saturated rings. The first-order valence-electron chi connectivity index (χ1n) is 5.89. The van der Waals surface area contributed by atoms with Crippen molar-refractivity contribution < 1.29 is 19.5 Å². The Bertz CT molecular complexity index is 508. The van der Waals surface area contributed by atoms with Crippen LogP contribution in [0, 0.1) is 0 Å². The maximum Gasteiger partial charge on any atom is 0.324 e. The van der Waals surface area contributed by atoms with Gasteiger partial charge in [-0.1, -0.05) is 24.3 Å². The van der Waals surface area contributed by atoms with E-state index in [2.05, 4.69) is 5.32 Å². The summed E-state index contributed by atoms with van der Waals surface area (Å²) >= 11 is 0. The fourth-order valence-corrected chi connectivity index (χ4v) is 1.85. The van der Waals surface area contributed by atoms with Gasteiger partial charge in [-0.25, -0.2) is 4.79 Å². The van der Waals surface area contributed by atoms with Crippen molar-refractivity contribution in [3.05, 3.63) is 35.4 Å². The molecule has 19 heavy (non-hydrogen) atoms. The van der Waals surface area contributed by atoms with E-state index in [1.165, 1.54) is 0 Å². The minimum absolute atomic E-state index is 0.0347. The van der Waals surface area contributed by atoms with Crippen LogP contribution < -0.4 is 5.32 Å². The van der Waals surface area contributed by atoms with Crippen molar-refractivity contribution in [3.8, 4) is 0 Å². The van der Waals surface area contributed by atoms with E-state index in [-0.39, 0.29) is 19.0 Å². The molecule has 2 rings (SSSR count). The number of imide groups is 1. The minimum atomic E-state index is -0.887. The van der Waals surface area contributed by atoms with Gasteiger partial charge in [0.15, 0.2) is 0 Å². The van der Waals surface area contributed by atoms with Crippen LogP contribution >= 0.6 is 0 Å². The quantitative estimate of drug-likeness (QED) is 0.790. The molecular formula is C13H14N2O4. The smallest absolute Gasteiger partial charge is 0.324 e. The zero-order valence-corrected chi connectivity index (χ0v) is 10.4. The second kappa shape index (κ2) is 5.09. The third-order valence-electron chi connectivity index (χ3n) is 3.13. The van der Waals surface area contributed by atoms with Crippen LogP contribution in [0.2, 0.25) is 0 Å². The third kappa shape index (κ3) is 2.73. The topological polar surface area (TPSA) is 86.7 Å². The first-order valence-corrected chi connectivity index (χ1v) is 5.89. The monoisotopic (exact) mass is 262 g/mol. The Balaban J connectivity index is 2.09. The second-order valence-electron chi connectivity index (χ2n) is 4.44. The summed E-state index contributed by atoms with van der Waals surface area (Å²) in [5, 5.41) is 11.3. The summed E-state index contributed by atoms with van der Waals surface area (Å²) < 4.78 is 0. The zero-order chi connectivity index (χ0) is 14.0. The molecule has 0 aromatic heterocycles. The summed E-state index contributed by atoms with van der Waals surface area (Å²) in [7, 11) is 0. The summed E-state index contributed by atoms with van der Waals surface area (Å²) in [6.07, 6.45) is 0. The fourth-order valence-electron chi connectivity index (χ4n) is 1.85. The van der Waals surface area contributed by atoms with Gasteiger partial charge in [0.1, 0.15) is 0 Å². The number of nitrogens with zero attached hydrogens (tertiary/aromatic N) is 1. The van der Waals surface area contributed by atoms with Gasteiger partial charge in [-0.3, -0.25) is 14.5 Å². The molecule has 0 spiro atoms. The highest BCUT2D eigenvalue weighted by Crippen LogP contribution is 2.17. The van der Waals surface area contributed by atoms with Gasteiger partial charge in [0, 0.05) is 0 Å². The Morgan fingerprint density at radius 3 is 2.47 bits per heavy atom. The van der Waals surface area contributed by atoms with Crippen LogP contribution in [0.15, 0.2) is 24.3 Å². The van der Waals surface area contributed by atoms with Crippen molar-refractivity contribution in [2.24, 2.45) is 0 Å². The molecule has 1 aliphatic rings. The Morgan fingerprint density at radius 1 is 1.37 bits per heavy atom. The number of aliphatic carboxylic acids is 1. The summed E-state index contributed by atoms with van der Waals surface area (Å²) in [5.41, 5.74) is 1.47. The molecule has 1 atom stereocenters. The lowest BCUT2D eigenvalue weighted by atomic mass is 10.00. The number of carbonyl (C=O) groups is 3. The lowest BCUT2D eigenvalue weighted by Gasteiger charge is -2.13. The molecule has 0 radical (unpaired) electrons. The predicted molar refractivity (Wildman–Crippen MR) is 66.4 cm³/mol. The van der Waals surface area contributed by atoms with Crippen molar-refractivity contribution in [1.29, 1.82) is 0 Å². The van der Waals surface area contributed by atoms with Crippen molar-refractivity contribution in [3.63, 3.8) is 0 Å². The Kier molecular flexibility index (Phi) is 3.50. The molecule has 6 nitrogen and oxygen atoms in total. The van der Waals surface area contributed by atoms with Crippen LogP contribution in [0.25, 0.3) is 0 Å². The van der Waals surface area contributed by atoms with Crippen LogP contribution in [0.5, 0.6) is 0 Å². The summed E-state index contributed by atoms with van der Waals surface area (Å²) in [6, 6.07) is 6.47. The molecule has 1 heterocycles. The van der Waals surface area contributed by atoms with Crippen LogP contribution in [-0.4, -0.2) is 34.5 Å². The van der Waals surface area contributed by atoms with E-state index >= 15 is 0 Å². The van der Waals surface area contributed by atoms with E-state index in [1.807, 2.05) is 0 Å². The number of amides is 3. The number of rotatable bonds is 4. The van der Waals surface area contributed by atoms with Crippen molar-refractivity contribution in [1.82, 2.24) is 10.2 Å². The van der Waals surface area contributed by atoms with Gasteiger partial charge in [0.05, 0.1) is 19.0 Å². The number of carboxylic acid groups (broad SMARTS) is 1. The number of hydrogen-bond donors (Lipinski definition) is 2. The molecule has 1 unspecified atom stereocenters. The van der Waals surface area contributed by atoms with Gasteiger partial charge in [-0.2, -0.15) is 0 Å². The van der Waals surface area contributed by atoms with Gasteiger partial charge in [0.2, 0.25) is 5.91 Å². The number of carboxylic acids is 1. The zero-order valence-electron chi connectivity index (χ0n) is 10.4. The highest BCUT2D eigenvalue weighted by molar-refractivity contribution is 6.01. The minimum Gasteiger partial charge on any atom is -0.481 e. The molecule has 1 aliphatic heterocycles. The molecule has 3 amide bonds. The van der Waals surface area contributed by atoms with Crippen LogP contribution in [0.4, 0.5) is 4.79 Å². The molecule has 0 bridgehead atoms. The van der Waals surface area contributed by atoms with E-state index in [0.717, 1.165) is 10.5 Å². The molecule has 100 valence electrons. The number of hydrogen-bond acceptors (Lipinski definition) is 3. The van der Waals surface area contributed by atoms with Gasteiger partial charge < -0.3 is 10.4 Å². The Morgan fingerprint density at radius 2 is 2.00 bits per heavy atom. The number of nitrogens with one attached hydrogen (secondary N) is 1. The molecule has 1 saturated heterocycles. The van der Waals surface area contributed by atoms with E-state index in [0.29, 0.717) is 5.56 Å². The predicted octanol–water partition coefficient (Wildman–Crippen LogP) is 0.926. The number of urea groups is 1. The lowest BCUT2D eigenvalue weighted by Crippen LogP contribution is -2.30. The Hall–Kier alpha value is -2.37. The average Bonchev–Trinajstić information content (AvgIpc) is 2.70. The molecule has 0 aliphatic carbocycles. The van der Waals surface area contributed by atoms with E-state index in [9.17, 15) is 14.4 Å². The second-order valence-corrected chi connectivity index (χ2v) is 4.44. The molecule has 6 heteroatoms. The highest BCUT2D eigenvalue weighted by Gasteiger charge is 2.28. The molecule has 0 saturated carbocycles. The maximum atomic E-state index is 11.4. The van der Waals surface area contributed by atoms with Gasteiger partial charge in [0.25, 0.3) is 0 Å². The van der Waals surface area contributed by atoms with Crippen LogP contribution in [0.1, 0.15) is 24.0 Å². The van der Waals surface area contributed by atoms with Gasteiger partial charge in [-0.05, 0) is 18.1 Å². The largest absolute Gasteiger partial charge is 0.481 e. The standard InChI is InChI=1S/C13H14N2O4/c1-8(12(17)18)10-4-2-9(3-5-10)7-15-11(16)6-14-13(15)19/h2-5,8H,6-7H2,1H3,(H,14,19)(H,17,18). The van der Waals surface area contributed by atoms with E-state index in [4.69, 9.17) is 5.11 Å². The Labute approximate surface area is 110 Å². The lowest BCUT2D eigenvalue weighted by molar-refractivity contribution is -0.138. The van der Waals surface area contributed by atoms with Crippen molar-refractivity contribution >= 4 is 17.9 Å². The first-order chi connectivity index (χ1) is 8.99. The highest BCUT2D eigenvalue weighted by atomic mass is 16.4. The SMILES string of the molecule is CC(C(=O)O)c1ccc(CN2C(=O)CNC2=O)cc1. The van der Waals surface area contributed by atoms with Gasteiger partial charge in [-0.15, -0.1) is 0 Å². The van der Waals surface area contributed by atoms with Crippen LogP contribution in [-0.2, 0) is 16.1 Å². The first kappa shape index (κ1) is 13.1. The maximum absolute atomic E-state index is 11.4. The number of carbonyl (C=O) groups excluding carboxylic acids is 2. The number of benzene rings is 1.